The summed E-state index contributed by atoms with van der Waals surface area (Å²) in [5.41, 5.74) is -0.434. The highest BCUT2D eigenvalue weighted by molar-refractivity contribution is 5.87. The summed E-state index contributed by atoms with van der Waals surface area (Å²) in [6.45, 7) is 11.2. The Morgan fingerprint density at radius 3 is 2.45 bits per heavy atom. The van der Waals surface area contributed by atoms with Crippen LogP contribution in [0.3, 0.4) is 0 Å². The monoisotopic (exact) mass is 283 g/mol. The van der Waals surface area contributed by atoms with Gasteiger partial charge in [0.25, 0.3) is 0 Å². The smallest absolute Gasteiger partial charge is 0.241 e. The molecule has 0 aromatic rings. The summed E-state index contributed by atoms with van der Waals surface area (Å²) in [7, 11) is 0. The first-order valence-electron chi connectivity index (χ1n) is 7.70. The van der Waals surface area contributed by atoms with E-state index < -0.39 is 5.41 Å². The molecule has 5 heteroatoms. The molecule has 2 N–H and O–H groups in total. The van der Waals surface area contributed by atoms with Crippen LogP contribution in [0.5, 0.6) is 0 Å². The third kappa shape index (κ3) is 4.20. The molecule has 0 bridgehead atoms. The minimum absolute atomic E-state index is 0.0130. The van der Waals surface area contributed by atoms with Gasteiger partial charge in [-0.05, 0) is 45.7 Å². The molecule has 1 saturated heterocycles. The maximum absolute atomic E-state index is 12.4. The molecule has 20 heavy (non-hydrogen) atoms. The fraction of sp³-hybridized carbons (Fsp3) is 0.867. The second-order valence-corrected chi connectivity index (χ2v) is 6.01. The lowest BCUT2D eigenvalue weighted by molar-refractivity contribution is -0.137. The van der Waals surface area contributed by atoms with Crippen molar-refractivity contribution in [2.75, 3.05) is 32.7 Å². The molecule has 1 aliphatic rings. The first kappa shape index (κ1) is 17.0. The molecule has 0 spiro atoms. The zero-order valence-corrected chi connectivity index (χ0v) is 13.3. The Morgan fingerprint density at radius 1 is 1.30 bits per heavy atom. The van der Waals surface area contributed by atoms with Gasteiger partial charge in [0, 0.05) is 18.5 Å². The van der Waals surface area contributed by atoms with Crippen molar-refractivity contribution in [1.82, 2.24) is 15.5 Å². The lowest BCUT2D eigenvalue weighted by Gasteiger charge is -2.36. The van der Waals surface area contributed by atoms with E-state index in [1.807, 2.05) is 27.7 Å². The molecule has 0 saturated carbocycles. The number of piperidine rings is 1. The molecule has 116 valence electrons. The molecule has 0 aromatic carbocycles. The highest BCUT2D eigenvalue weighted by atomic mass is 16.2. The van der Waals surface area contributed by atoms with Crippen molar-refractivity contribution >= 4 is 11.8 Å². The SMILES string of the molecule is CCN(CC)C(=O)CNC(=O)C(C)(C)C1CCCNC1. The van der Waals surface area contributed by atoms with Gasteiger partial charge in [0.1, 0.15) is 0 Å². The van der Waals surface area contributed by atoms with E-state index in [9.17, 15) is 9.59 Å². The quantitative estimate of drug-likeness (QED) is 0.764. The van der Waals surface area contributed by atoms with Gasteiger partial charge in [-0.3, -0.25) is 9.59 Å². The van der Waals surface area contributed by atoms with E-state index in [0.717, 1.165) is 25.9 Å². The molecule has 1 atom stereocenters. The van der Waals surface area contributed by atoms with Crippen LogP contribution in [0.2, 0.25) is 0 Å². The van der Waals surface area contributed by atoms with Gasteiger partial charge in [-0.1, -0.05) is 13.8 Å². The third-order valence-corrected chi connectivity index (χ3v) is 4.42. The van der Waals surface area contributed by atoms with Crippen LogP contribution in [0.15, 0.2) is 0 Å². The van der Waals surface area contributed by atoms with Crippen LogP contribution < -0.4 is 10.6 Å². The summed E-state index contributed by atoms with van der Waals surface area (Å²) in [6, 6.07) is 0. The van der Waals surface area contributed by atoms with E-state index in [0.29, 0.717) is 19.0 Å². The number of amides is 2. The predicted octanol–water partition coefficient (Wildman–Crippen LogP) is 0.997. The normalized spacial score (nSPS) is 19.5. The Bertz CT molecular complexity index is 332. The Labute approximate surface area is 122 Å². The van der Waals surface area contributed by atoms with Crippen molar-refractivity contribution in [2.24, 2.45) is 11.3 Å². The molecule has 5 nitrogen and oxygen atoms in total. The van der Waals surface area contributed by atoms with Crippen LogP contribution >= 0.6 is 0 Å². The van der Waals surface area contributed by atoms with Gasteiger partial charge in [-0.25, -0.2) is 0 Å². The van der Waals surface area contributed by atoms with Gasteiger partial charge < -0.3 is 15.5 Å². The molecule has 0 radical (unpaired) electrons. The predicted molar refractivity (Wildman–Crippen MR) is 80.3 cm³/mol. The van der Waals surface area contributed by atoms with Gasteiger partial charge in [-0.15, -0.1) is 0 Å². The second kappa shape index (κ2) is 7.62. The van der Waals surface area contributed by atoms with Crippen molar-refractivity contribution in [2.45, 2.75) is 40.5 Å². The van der Waals surface area contributed by atoms with Gasteiger partial charge in [0.05, 0.1) is 6.54 Å². The fourth-order valence-electron chi connectivity index (χ4n) is 2.73. The largest absolute Gasteiger partial charge is 0.347 e. The summed E-state index contributed by atoms with van der Waals surface area (Å²) in [6.07, 6.45) is 2.18. The maximum atomic E-state index is 12.4. The molecule has 2 amide bonds. The number of hydrogen-bond acceptors (Lipinski definition) is 3. The Hall–Kier alpha value is -1.10. The van der Waals surface area contributed by atoms with Gasteiger partial charge in [0.2, 0.25) is 11.8 Å². The van der Waals surface area contributed by atoms with E-state index in [-0.39, 0.29) is 18.4 Å². The van der Waals surface area contributed by atoms with Crippen LogP contribution in [0.4, 0.5) is 0 Å². The highest BCUT2D eigenvalue weighted by Gasteiger charge is 2.37. The summed E-state index contributed by atoms with van der Waals surface area (Å²) in [5, 5.41) is 6.15. The van der Waals surface area contributed by atoms with Crippen molar-refractivity contribution < 1.29 is 9.59 Å². The van der Waals surface area contributed by atoms with Gasteiger partial charge >= 0.3 is 0 Å². The maximum Gasteiger partial charge on any atom is 0.241 e. The zero-order chi connectivity index (χ0) is 15.2. The fourth-order valence-corrected chi connectivity index (χ4v) is 2.73. The number of hydrogen-bond donors (Lipinski definition) is 2. The van der Waals surface area contributed by atoms with Crippen molar-refractivity contribution in [3.63, 3.8) is 0 Å². The van der Waals surface area contributed by atoms with Crippen molar-refractivity contribution in [3.05, 3.63) is 0 Å². The summed E-state index contributed by atoms with van der Waals surface area (Å²) >= 11 is 0. The molecule has 1 unspecified atom stereocenters. The Kier molecular flexibility index (Phi) is 6.46. The first-order valence-corrected chi connectivity index (χ1v) is 7.70. The number of carbonyl (C=O) groups excluding carboxylic acids is 2. The molecular formula is C15H29N3O2. The van der Waals surface area contributed by atoms with Crippen LogP contribution in [0, 0.1) is 11.3 Å². The van der Waals surface area contributed by atoms with Crippen molar-refractivity contribution in [3.8, 4) is 0 Å². The van der Waals surface area contributed by atoms with Gasteiger partial charge in [-0.2, -0.15) is 0 Å². The summed E-state index contributed by atoms with van der Waals surface area (Å²) in [4.78, 5) is 26.0. The van der Waals surface area contributed by atoms with Crippen LogP contribution in [-0.2, 0) is 9.59 Å². The lowest BCUT2D eigenvalue weighted by atomic mass is 9.74. The van der Waals surface area contributed by atoms with Crippen molar-refractivity contribution in [1.29, 1.82) is 0 Å². The summed E-state index contributed by atoms with van der Waals surface area (Å²) < 4.78 is 0. The Balaban J connectivity index is 2.50. The number of carbonyl (C=O) groups is 2. The third-order valence-electron chi connectivity index (χ3n) is 4.42. The summed E-state index contributed by atoms with van der Waals surface area (Å²) in [5.74, 6) is 0.299. The minimum atomic E-state index is -0.434. The molecule has 1 heterocycles. The average Bonchev–Trinajstić information content (AvgIpc) is 2.46. The minimum Gasteiger partial charge on any atom is -0.347 e. The van der Waals surface area contributed by atoms with Crippen LogP contribution in [-0.4, -0.2) is 49.4 Å². The van der Waals surface area contributed by atoms with E-state index in [1.165, 1.54) is 0 Å². The molecule has 1 rings (SSSR count). The topological polar surface area (TPSA) is 61.4 Å². The molecule has 0 aliphatic carbocycles. The molecule has 1 fully saturated rings. The number of nitrogens with one attached hydrogen (secondary N) is 2. The van der Waals surface area contributed by atoms with E-state index in [4.69, 9.17) is 0 Å². The number of likely N-dealkylation sites (N-methyl/N-ethyl adjacent to an activating group) is 1. The first-order chi connectivity index (χ1) is 9.43. The second-order valence-electron chi connectivity index (χ2n) is 6.01. The van der Waals surface area contributed by atoms with E-state index in [1.54, 1.807) is 4.90 Å². The molecular weight excluding hydrogens is 254 g/mol. The van der Waals surface area contributed by atoms with Gasteiger partial charge in [0.15, 0.2) is 0 Å². The molecule has 0 aromatic heterocycles. The average molecular weight is 283 g/mol. The standard InChI is InChI=1S/C15H29N3O2/c1-5-18(6-2)13(19)11-17-14(20)15(3,4)12-8-7-9-16-10-12/h12,16H,5-11H2,1-4H3,(H,17,20). The van der Waals surface area contributed by atoms with Crippen LogP contribution in [0.1, 0.15) is 40.5 Å². The zero-order valence-electron chi connectivity index (χ0n) is 13.3. The molecule has 1 aliphatic heterocycles. The van der Waals surface area contributed by atoms with Crippen LogP contribution in [0.25, 0.3) is 0 Å². The lowest BCUT2D eigenvalue weighted by Crippen LogP contribution is -2.49. The van der Waals surface area contributed by atoms with E-state index >= 15 is 0 Å². The number of rotatable bonds is 6. The Morgan fingerprint density at radius 2 is 1.95 bits per heavy atom. The van der Waals surface area contributed by atoms with E-state index in [2.05, 4.69) is 10.6 Å². The number of nitrogens with zero attached hydrogens (tertiary/aromatic N) is 1. The highest BCUT2D eigenvalue weighted by Crippen LogP contribution is 2.31.